The van der Waals surface area contributed by atoms with Gasteiger partial charge in [-0.1, -0.05) is 0 Å². The summed E-state index contributed by atoms with van der Waals surface area (Å²) < 4.78 is 21.6. The Morgan fingerprint density at radius 1 is 1.26 bits per heavy atom. The SMILES string of the molecule is O=C(O)c1c(OCCF)ccc(OC[B-](O)O)c1O. The fourth-order valence-corrected chi connectivity index (χ4v) is 1.31. The van der Waals surface area contributed by atoms with Crippen LogP contribution in [0.2, 0.25) is 0 Å². The highest BCUT2D eigenvalue weighted by molar-refractivity contribution is 6.40. The first-order chi connectivity index (χ1) is 8.97. The molecule has 1 aromatic carbocycles. The molecule has 0 heterocycles. The van der Waals surface area contributed by atoms with Crippen molar-refractivity contribution in [3.05, 3.63) is 17.7 Å². The third-order valence-electron chi connectivity index (χ3n) is 2.04. The second-order valence-corrected chi connectivity index (χ2v) is 3.42. The Kier molecular flexibility index (Phi) is 5.40. The Morgan fingerprint density at radius 3 is 2.42 bits per heavy atom. The minimum absolute atomic E-state index is 0.209. The Labute approximate surface area is 108 Å². The molecule has 1 aromatic rings. The minimum atomic E-state index is -1.77. The smallest absolute Gasteiger partial charge is 0.343 e. The topological polar surface area (TPSA) is 116 Å². The Morgan fingerprint density at radius 2 is 1.89 bits per heavy atom. The monoisotopic (exact) mass is 274 g/mol. The number of alkyl halides is 1. The summed E-state index contributed by atoms with van der Waals surface area (Å²) >= 11 is 0. The number of halogens is 1. The lowest BCUT2D eigenvalue weighted by Crippen LogP contribution is -2.22. The van der Waals surface area contributed by atoms with Gasteiger partial charge < -0.3 is 29.7 Å². The summed E-state index contributed by atoms with van der Waals surface area (Å²) in [7, 11) is -1.77. The summed E-state index contributed by atoms with van der Waals surface area (Å²) in [5.41, 5.74) is -0.585. The second-order valence-electron chi connectivity index (χ2n) is 3.42. The summed E-state index contributed by atoms with van der Waals surface area (Å²) in [5, 5.41) is 35.9. The Hall–Kier alpha value is -2.00. The molecule has 0 unspecified atom stereocenters. The van der Waals surface area contributed by atoms with Gasteiger partial charge in [-0.05, 0) is 18.6 Å². The van der Waals surface area contributed by atoms with Crippen molar-refractivity contribution in [3.8, 4) is 17.2 Å². The summed E-state index contributed by atoms with van der Waals surface area (Å²) in [6, 6.07) is 2.36. The van der Waals surface area contributed by atoms with Crippen molar-refractivity contribution in [1.82, 2.24) is 0 Å². The molecule has 0 fully saturated rings. The van der Waals surface area contributed by atoms with Crippen LogP contribution in [0.5, 0.6) is 17.2 Å². The van der Waals surface area contributed by atoms with E-state index in [1.165, 1.54) is 12.1 Å². The predicted octanol–water partition coefficient (Wildman–Crippen LogP) is -0.171. The largest absolute Gasteiger partial charge is 0.603 e. The van der Waals surface area contributed by atoms with Crippen LogP contribution >= 0.6 is 0 Å². The first-order valence-corrected chi connectivity index (χ1v) is 5.24. The van der Waals surface area contributed by atoms with Crippen LogP contribution in [0.3, 0.4) is 0 Å². The van der Waals surface area contributed by atoms with Crippen LogP contribution in [0.4, 0.5) is 4.39 Å². The van der Waals surface area contributed by atoms with Crippen LogP contribution < -0.4 is 9.47 Å². The number of hydrogen-bond donors (Lipinski definition) is 4. The molecule has 0 amide bonds. The molecule has 0 bridgehead atoms. The van der Waals surface area contributed by atoms with Crippen molar-refractivity contribution in [3.63, 3.8) is 0 Å². The van der Waals surface area contributed by atoms with E-state index in [1.807, 2.05) is 0 Å². The average Bonchev–Trinajstić information content (AvgIpc) is 2.34. The number of ether oxygens (including phenoxy) is 2. The molecule has 0 aromatic heterocycles. The van der Waals surface area contributed by atoms with Gasteiger partial charge in [-0.2, -0.15) is 0 Å². The van der Waals surface area contributed by atoms with Gasteiger partial charge >= 0.3 is 5.97 Å². The maximum Gasteiger partial charge on any atom is 0.343 e. The zero-order valence-corrected chi connectivity index (χ0v) is 9.74. The van der Waals surface area contributed by atoms with Gasteiger partial charge in [0.05, 0.1) is 0 Å². The number of phenols is 1. The van der Waals surface area contributed by atoms with Crippen LogP contribution in [0.25, 0.3) is 0 Å². The van der Waals surface area contributed by atoms with Gasteiger partial charge in [0.2, 0.25) is 0 Å². The first kappa shape index (κ1) is 15.1. The highest BCUT2D eigenvalue weighted by atomic mass is 19.1. The summed E-state index contributed by atoms with van der Waals surface area (Å²) in [4.78, 5) is 11.0. The molecule has 0 saturated carbocycles. The molecule has 0 saturated heterocycles. The molecule has 4 N–H and O–H groups in total. The summed E-state index contributed by atoms with van der Waals surface area (Å²) in [5.74, 6) is -2.68. The maximum atomic E-state index is 12.0. The lowest BCUT2D eigenvalue weighted by molar-refractivity contribution is 0.0687. The van der Waals surface area contributed by atoms with E-state index in [4.69, 9.17) is 24.6 Å². The van der Waals surface area contributed by atoms with E-state index in [1.54, 1.807) is 0 Å². The van der Waals surface area contributed by atoms with Gasteiger partial charge in [-0.25, -0.2) is 9.18 Å². The van der Waals surface area contributed by atoms with Crippen LogP contribution in [0.15, 0.2) is 12.1 Å². The standard InChI is InChI=1S/C10H12BFO7/c12-3-4-18-6-1-2-7(19-5-11(16)17)9(13)8(6)10(14)15/h1-2,13,16-17H,3-5H2,(H,14,15)/q-1. The van der Waals surface area contributed by atoms with Crippen LogP contribution in [-0.4, -0.2) is 53.1 Å². The van der Waals surface area contributed by atoms with Gasteiger partial charge in [0.25, 0.3) is 0 Å². The molecule has 0 aliphatic rings. The normalized spacial score (nSPS) is 10.5. The van der Waals surface area contributed by atoms with Crippen molar-refractivity contribution in [1.29, 1.82) is 0 Å². The van der Waals surface area contributed by atoms with E-state index < -0.39 is 37.6 Å². The molecule has 0 atom stereocenters. The number of aromatic carboxylic acids is 1. The summed E-state index contributed by atoms with van der Waals surface area (Å²) in [6.07, 6.45) is 0. The fourth-order valence-electron chi connectivity index (χ4n) is 1.31. The van der Waals surface area contributed by atoms with Gasteiger partial charge in [0.1, 0.15) is 24.6 Å². The number of aromatic hydroxyl groups is 1. The molecule has 7 nitrogen and oxygen atoms in total. The molecule has 1 rings (SSSR count). The van der Waals surface area contributed by atoms with Crippen LogP contribution in [0, 0.1) is 0 Å². The van der Waals surface area contributed by atoms with E-state index in [0.29, 0.717) is 0 Å². The molecule has 9 heteroatoms. The van der Waals surface area contributed by atoms with Gasteiger partial charge in [0, 0.05) is 0 Å². The lowest BCUT2D eigenvalue weighted by atomic mass is 9.95. The molecule has 19 heavy (non-hydrogen) atoms. The zero-order chi connectivity index (χ0) is 14.4. The number of hydrogen-bond acceptors (Lipinski definition) is 6. The van der Waals surface area contributed by atoms with Gasteiger partial charge in [-0.15, -0.1) is 0 Å². The molecule has 105 valence electrons. The predicted molar refractivity (Wildman–Crippen MR) is 62.2 cm³/mol. The van der Waals surface area contributed by atoms with Gasteiger partial charge in [-0.3, -0.25) is 0 Å². The molecular weight excluding hydrogens is 262 g/mol. The highest BCUT2D eigenvalue weighted by Gasteiger charge is 2.21. The number of benzene rings is 1. The van der Waals surface area contributed by atoms with Crippen molar-refractivity contribution < 1.29 is 38.9 Å². The third kappa shape index (κ3) is 4.00. The van der Waals surface area contributed by atoms with E-state index in [0.717, 1.165) is 0 Å². The van der Waals surface area contributed by atoms with Crippen LogP contribution in [0.1, 0.15) is 10.4 Å². The first-order valence-electron chi connectivity index (χ1n) is 5.24. The molecule has 1 radical (unpaired) electrons. The highest BCUT2D eigenvalue weighted by Crippen LogP contribution is 2.36. The number of rotatable bonds is 7. The van der Waals surface area contributed by atoms with Crippen molar-refractivity contribution in [2.45, 2.75) is 0 Å². The number of carboxylic acid groups (broad SMARTS) is 1. The van der Waals surface area contributed by atoms with E-state index >= 15 is 0 Å². The Bertz CT molecular complexity index is 452. The number of carboxylic acids is 1. The molecule has 0 aliphatic heterocycles. The fraction of sp³-hybridized carbons (Fsp3) is 0.300. The maximum absolute atomic E-state index is 12.0. The second kappa shape index (κ2) is 6.81. The van der Waals surface area contributed by atoms with E-state index in [2.05, 4.69) is 0 Å². The van der Waals surface area contributed by atoms with Crippen molar-refractivity contribution in [2.24, 2.45) is 0 Å². The molecule has 0 spiro atoms. The lowest BCUT2D eigenvalue weighted by Gasteiger charge is -2.17. The van der Waals surface area contributed by atoms with Gasteiger partial charge in [0.15, 0.2) is 18.6 Å². The number of carbonyl (C=O) groups is 1. The quantitative estimate of drug-likeness (QED) is 0.510. The summed E-state index contributed by atoms with van der Waals surface area (Å²) in [6.45, 7) is -1.71. The third-order valence-corrected chi connectivity index (χ3v) is 2.04. The van der Waals surface area contributed by atoms with E-state index in [-0.39, 0.29) is 18.1 Å². The van der Waals surface area contributed by atoms with Crippen molar-refractivity contribution in [2.75, 3.05) is 19.8 Å². The molecule has 0 aliphatic carbocycles. The zero-order valence-electron chi connectivity index (χ0n) is 9.74. The molecular formula is C10H12BFO7-. The van der Waals surface area contributed by atoms with Crippen LogP contribution in [-0.2, 0) is 0 Å². The minimum Gasteiger partial charge on any atom is -0.603 e. The van der Waals surface area contributed by atoms with E-state index in [9.17, 15) is 14.3 Å². The Balaban J connectivity index is 3.04. The average molecular weight is 274 g/mol. The van der Waals surface area contributed by atoms with Crippen molar-refractivity contribution >= 4 is 13.1 Å².